The molecule has 5 nitrogen and oxygen atoms in total. The van der Waals surface area contributed by atoms with E-state index in [1.54, 1.807) is 13.0 Å². The number of aliphatic hydroxyl groups is 1. The maximum atomic E-state index is 10.4. The van der Waals surface area contributed by atoms with E-state index in [1.807, 2.05) is 0 Å². The van der Waals surface area contributed by atoms with Crippen LogP contribution in [0.2, 0.25) is 0 Å². The van der Waals surface area contributed by atoms with Crippen molar-refractivity contribution in [1.29, 1.82) is 0 Å². The molecule has 0 aromatic rings. The van der Waals surface area contributed by atoms with Crippen molar-refractivity contribution < 1.29 is 19.7 Å². The Bertz CT molecular complexity index is 207. The van der Waals surface area contributed by atoms with Gasteiger partial charge in [0.2, 0.25) is 0 Å². The smallest absolute Gasteiger partial charge is 0.405 e. The highest BCUT2D eigenvalue weighted by molar-refractivity contribution is 5.65. The molecule has 0 saturated heterocycles. The minimum absolute atomic E-state index is 0.315. The number of hydrogen-bond acceptors (Lipinski definition) is 3. The molecule has 0 aromatic carbocycles. The molecule has 0 fully saturated rings. The number of amides is 1. The molecule has 0 heterocycles. The van der Waals surface area contributed by atoms with Crippen LogP contribution in [0.4, 0.5) is 4.79 Å². The van der Waals surface area contributed by atoms with Crippen molar-refractivity contribution in [1.82, 2.24) is 5.32 Å². The Kier molecular flexibility index (Phi) is 5.19. The predicted molar refractivity (Wildman–Crippen MR) is 52.3 cm³/mol. The highest BCUT2D eigenvalue weighted by atomic mass is 16.5. The van der Waals surface area contributed by atoms with Crippen LogP contribution in [0.5, 0.6) is 0 Å². The molecule has 82 valence electrons. The van der Waals surface area contributed by atoms with Gasteiger partial charge in [-0.15, -0.1) is 6.58 Å². The molecule has 0 bridgehead atoms. The average Bonchev–Trinajstić information content (AvgIpc) is 2.14. The molecule has 0 unspecified atom stereocenters. The molecule has 0 aliphatic heterocycles. The van der Waals surface area contributed by atoms with Gasteiger partial charge in [0.15, 0.2) is 0 Å². The first-order valence-electron chi connectivity index (χ1n) is 4.26. The van der Waals surface area contributed by atoms with Gasteiger partial charge in [0.05, 0.1) is 18.2 Å². The fourth-order valence-corrected chi connectivity index (χ4v) is 1.19. The van der Waals surface area contributed by atoms with Crippen molar-refractivity contribution in [2.45, 2.75) is 25.0 Å². The topological polar surface area (TPSA) is 78.8 Å². The molecular formula is C9H17NO4. The van der Waals surface area contributed by atoms with E-state index in [2.05, 4.69) is 11.9 Å². The van der Waals surface area contributed by atoms with E-state index in [0.29, 0.717) is 6.42 Å². The zero-order valence-electron chi connectivity index (χ0n) is 8.49. The normalized spacial score (nSPS) is 16.8. The third-order valence-electron chi connectivity index (χ3n) is 2.23. The van der Waals surface area contributed by atoms with Gasteiger partial charge >= 0.3 is 6.09 Å². The summed E-state index contributed by atoms with van der Waals surface area (Å²) in [7, 11) is 1.47. The van der Waals surface area contributed by atoms with Crippen LogP contribution in [-0.4, -0.2) is 41.7 Å². The summed E-state index contributed by atoms with van der Waals surface area (Å²) in [5.41, 5.74) is -0.769. The number of carbonyl (C=O) groups is 1. The molecule has 0 rings (SSSR count). The standard InChI is InChI=1S/C9H17NO4/c1-4-5-9(2,14-3)7(6-11)10-8(12)13/h4,7,10-11H,1,5-6H2,2-3H3,(H,12,13)/t7-,9+/m1/s1. The second-order valence-corrected chi connectivity index (χ2v) is 3.19. The van der Waals surface area contributed by atoms with Crippen molar-refractivity contribution in [3.8, 4) is 0 Å². The summed E-state index contributed by atoms with van der Waals surface area (Å²) in [5, 5.41) is 19.8. The van der Waals surface area contributed by atoms with Gasteiger partial charge in [0.25, 0.3) is 0 Å². The summed E-state index contributed by atoms with van der Waals surface area (Å²) < 4.78 is 5.18. The lowest BCUT2D eigenvalue weighted by Gasteiger charge is -2.34. The molecule has 14 heavy (non-hydrogen) atoms. The molecule has 3 N–H and O–H groups in total. The van der Waals surface area contributed by atoms with Gasteiger partial charge in [-0.2, -0.15) is 0 Å². The lowest BCUT2D eigenvalue weighted by molar-refractivity contribution is -0.0362. The fraction of sp³-hybridized carbons (Fsp3) is 0.667. The monoisotopic (exact) mass is 203 g/mol. The van der Waals surface area contributed by atoms with Crippen LogP contribution in [0.1, 0.15) is 13.3 Å². The largest absolute Gasteiger partial charge is 0.465 e. The summed E-state index contributed by atoms with van der Waals surface area (Å²) in [6.07, 6.45) is 0.890. The minimum atomic E-state index is -1.18. The molecule has 1 amide bonds. The SMILES string of the molecule is C=CC[C@](C)(OC)[C@@H](CO)NC(=O)O. The second kappa shape index (κ2) is 5.62. The lowest BCUT2D eigenvalue weighted by Crippen LogP contribution is -2.53. The number of ether oxygens (including phenoxy) is 1. The van der Waals surface area contributed by atoms with E-state index >= 15 is 0 Å². The number of aliphatic hydroxyl groups excluding tert-OH is 1. The molecule has 0 aliphatic rings. The first-order chi connectivity index (χ1) is 6.50. The molecule has 0 aliphatic carbocycles. The number of nitrogens with one attached hydrogen (secondary N) is 1. The summed E-state index contributed by atoms with van der Waals surface area (Å²) in [6.45, 7) is 4.95. The summed E-state index contributed by atoms with van der Waals surface area (Å²) in [6, 6.07) is -0.664. The van der Waals surface area contributed by atoms with Crippen molar-refractivity contribution in [2.75, 3.05) is 13.7 Å². The number of hydrogen-bond donors (Lipinski definition) is 3. The Hall–Kier alpha value is -1.07. The first-order valence-corrected chi connectivity index (χ1v) is 4.26. The van der Waals surface area contributed by atoms with Crippen LogP contribution in [0.25, 0.3) is 0 Å². The third kappa shape index (κ3) is 3.35. The van der Waals surface area contributed by atoms with Crippen molar-refractivity contribution in [3.05, 3.63) is 12.7 Å². The minimum Gasteiger partial charge on any atom is -0.465 e. The Morgan fingerprint density at radius 3 is 2.64 bits per heavy atom. The molecular weight excluding hydrogens is 186 g/mol. The van der Waals surface area contributed by atoms with Crippen molar-refractivity contribution in [2.24, 2.45) is 0 Å². The van der Waals surface area contributed by atoms with Crippen LogP contribution in [0.3, 0.4) is 0 Å². The molecule has 0 aromatic heterocycles. The molecule has 0 saturated carbocycles. The quantitative estimate of drug-likeness (QED) is 0.552. The summed E-state index contributed by atoms with van der Waals surface area (Å²) in [5.74, 6) is 0. The zero-order chi connectivity index (χ0) is 11.2. The van der Waals surface area contributed by atoms with Crippen LogP contribution in [-0.2, 0) is 4.74 Å². The van der Waals surface area contributed by atoms with E-state index in [4.69, 9.17) is 14.9 Å². The van der Waals surface area contributed by atoms with Crippen molar-refractivity contribution in [3.63, 3.8) is 0 Å². The number of rotatable bonds is 6. The lowest BCUT2D eigenvalue weighted by atomic mass is 9.93. The van der Waals surface area contributed by atoms with Gasteiger partial charge in [-0.05, 0) is 13.3 Å². The van der Waals surface area contributed by atoms with E-state index in [1.165, 1.54) is 7.11 Å². The van der Waals surface area contributed by atoms with Gasteiger partial charge in [-0.1, -0.05) is 6.08 Å². The van der Waals surface area contributed by atoms with Gasteiger partial charge in [-0.3, -0.25) is 0 Å². The van der Waals surface area contributed by atoms with Crippen LogP contribution < -0.4 is 5.32 Å². The van der Waals surface area contributed by atoms with E-state index in [9.17, 15) is 4.79 Å². The Morgan fingerprint density at radius 1 is 1.79 bits per heavy atom. The van der Waals surface area contributed by atoms with Crippen LogP contribution in [0.15, 0.2) is 12.7 Å². The number of methoxy groups -OCH3 is 1. The van der Waals surface area contributed by atoms with E-state index < -0.39 is 17.7 Å². The Morgan fingerprint density at radius 2 is 2.36 bits per heavy atom. The van der Waals surface area contributed by atoms with Crippen molar-refractivity contribution >= 4 is 6.09 Å². The first kappa shape index (κ1) is 12.9. The van der Waals surface area contributed by atoms with Crippen LogP contribution >= 0.6 is 0 Å². The highest BCUT2D eigenvalue weighted by Crippen LogP contribution is 2.19. The number of carboxylic acid groups (broad SMARTS) is 1. The highest BCUT2D eigenvalue weighted by Gasteiger charge is 2.33. The molecule has 0 spiro atoms. The predicted octanol–water partition coefficient (Wildman–Crippen LogP) is 0.596. The fourth-order valence-electron chi connectivity index (χ4n) is 1.19. The molecule has 2 atom stereocenters. The molecule has 0 radical (unpaired) electrons. The van der Waals surface area contributed by atoms with Gasteiger partial charge in [-0.25, -0.2) is 4.79 Å². The summed E-state index contributed by atoms with van der Waals surface area (Å²) in [4.78, 5) is 10.4. The Balaban J connectivity index is 4.57. The van der Waals surface area contributed by atoms with E-state index in [0.717, 1.165) is 0 Å². The molecule has 5 heteroatoms. The van der Waals surface area contributed by atoms with Gasteiger partial charge in [0.1, 0.15) is 0 Å². The second-order valence-electron chi connectivity index (χ2n) is 3.19. The average molecular weight is 203 g/mol. The Labute approximate surface area is 83.4 Å². The maximum absolute atomic E-state index is 10.4. The van der Waals surface area contributed by atoms with Gasteiger partial charge in [0, 0.05) is 7.11 Å². The third-order valence-corrected chi connectivity index (χ3v) is 2.23. The zero-order valence-corrected chi connectivity index (χ0v) is 8.49. The van der Waals surface area contributed by atoms with E-state index in [-0.39, 0.29) is 6.61 Å². The van der Waals surface area contributed by atoms with Crippen LogP contribution in [0, 0.1) is 0 Å². The summed E-state index contributed by atoms with van der Waals surface area (Å²) >= 11 is 0. The van der Waals surface area contributed by atoms with Gasteiger partial charge < -0.3 is 20.3 Å². The maximum Gasteiger partial charge on any atom is 0.405 e.